The fourth-order valence-corrected chi connectivity index (χ4v) is 1.95. The molecule has 0 aromatic rings. The van der Waals surface area contributed by atoms with Gasteiger partial charge in [0.1, 0.15) is 12.1 Å². The molecular formula is C16H31N3O4. The molecule has 7 nitrogen and oxygen atoms in total. The predicted octanol–water partition coefficient (Wildman–Crippen LogP) is 1.57. The van der Waals surface area contributed by atoms with Crippen molar-refractivity contribution in [2.24, 2.45) is 5.92 Å². The number of carbonyl (C=O) groups excluding carboxylic acids is 3. The van der Waals surface area contributed by atoms with Gasteiger partial charge < -0.3 is 14.8 Å². The topological polar surface area (TPSA) is 96.5 Å². The van der Waals surface area contributed by atoms with Gasteiger partial charge in [-0.2, -0.15) is 0 Å². The van der Waals surface area contributed by atoms with Crippen molar-refractivity contribution in [3.8, 4) is 0 Å². The summed E-state index contributed by atoms with van der Waals surface area (Å²) in [6.07, 6.45) is 5.84. The van der Waals surface area contributed by atoms with Crippen molar-refractivity contribution < 1.29 is 19.1 Å². The van der Waals surface area contributed by atoms with Crippen molar-refractivity contribution >= 4 is 18.2 Å². The van der Waals surface area contributed by atoms with E-state index in [9.17, 15) is 14.4 Å². The lowest BCUT2D eigenvalue weighted by Gasteiger charge is -2.16. The maximum Gasteiger partial charge on any atom is 0.406 e. The number of rotatable bonds is 14. The molecule has 0 aromatic heterocycles. The maximum absolute atomic E-state index is 11.7. The number of alkyl carbamates (subject to hydrolysis) is 1. The zero-order chi connectivity index (χ0) is 17.5. The minimum atomic E-state index is -0.397. The summed E-state index contributed by atoms with van der Waals surface area (Å²) in [6.45, 7) is 4.74. The Morgan fingerprint density at radius 2 is 1.74 bits per heavy atom. The second-order valence-electron chi connectivity index (χ2n) is 5.88. The Bertz CT molecular complexity index is 348. The Morgan fingerprint density at radius 3 is 2.35 bits per heavy atom. The molecule has 1 amide bonds. The Labute approximate surface area is 138 Å². The Hall–Kier alpha value is -1.47. The number of ketones is 1. The van der Waals surface area contributed by atoms with Crippen LogP contribution in [0.1, 0.15) is 52.4 Å². The van der Waals surface area contributed by atoms with Gasteiger partial charge in [-0.05, 0) is 18.8 Å². The average Bonchev–Trinajstić information content (AvgIpc) is 2.53. The lowest BCUT2D eigenvalue weighted by molar-refractivity contribution is -0.119. The van der Waals surface area contributed by atoms with E-state index in [1.807, 2.05) is 13.8 Å². The normalized spacial score (nSPS) is 12.0. The van der Waals surface area contributed by atoms with Gasteiger partial charge in [0.25, 0.3) is 0 Å². The van der Waals surface area contributed by atoms with Crippen LogP contribution in [0.4, 0.5) is 4.79 Å². The minimum Gasteiger partial charge on any atom is -0.453 e. The van der Waals surface area contributed by atoms with Gasteiger partial charge in [0, 0.05) is 13.0 Å². The molecule has 0 rings (SSSR count). The molecule has 0 unspecified atom stereocenters. The van der Waals surface area contributed by atoms with Crippen LogP contribution in [-0.2, 0) is 14.3 Å². The first kappa shape index (κ1) is 21.5. The van der Waals surface area contributed by atoms with Crippen LogP contribution in [0.25, 0.3) is 0 Å². The molecule has 0 aliphatic carbocycles. The zero-order valence-corrected chi connectivity index (χ0v) is 14.5. The van der Waals surface area contributed by atoms with Crippen LogP contribution in [0, 0.1) is 5.92 Å². The molecule has 1 atom stereocenters. The maximum atomic E-state index is 11.7. The van der Waals surface area contributed by atoms with Gasteiger partial charge in [-0.15, -0.1) is 0 Å². The van der Waals surface area contributed by atoms with Crippen LogP contribution in [0.3, 0.4) is 0 Å². The molecule has 3 N–H and O–H groups in total. The Morgan fingerprint density at radius 1 is 1.09 bits per heavy atom. The summed E-state index contributed by atoms with van der Waals surface area (Å²) in [7, 11) is 1.35. The highest BCUT2D eigenvalue weighted by atomic mass is 16.5. The average molecular weight is 329 g/mol. The van der Waals surface area contributed by atoms with Crippen molar-refractivity contribution in [1.82, 2.24) is 16.2 Å². The second kappa shape index (κ2) is 14.1. The Balaban J connectivity index is 3.43. The van der Waals surface area contributed by atoms with E-state index >= 15 is 0 Å². The van der Waals surface area contributed by atoms with Gasteiger partial charge in [0.15, 0.2) is 0 Å². The highest BCUT2D eigenvalue weighted by Crippen LogP contribution is 2.05. The van der Waals surface area contributed by atoms with E-state index < -0.39 is 6.09 Å². The van der Waals surface area contributed by atoms with E-state index in [2.05, 4.69) is 20.9 Å². The van der Waals surface area contributed by atoms with Gasteiger partial charge >= 0.3 is 6.09 Å². The number of hydrogen-bond donors (Lipinski definition) is 3. The fraction of sp³-hybridized carbons (Fsp3) is 0.812. The molecule has 0 radical (unpaired) electrons. The summed E-state index contributed by atoms with van der Waals surface area (Å²) in [5.74, 6) is 0.321. The highest BCUT2D eigenvalue weighted by molar-refractivity contribution is 5.80. The number of aldehydes is 1. The highest BCUT2D eigenvalue weighted by Gasteiger charge is 2.11. The smallest absolute Gasteiger partial charge is 0.406 e. The number of amides is 1. The summed E-state index contributed by atoms with van der Waals surface area (Å²) in [6, 6.07) is -0.276. The van der Waals surface area contributed by atoms with E-state index in [4.69, 9.17) is 0 Å². The molecule has 0 saturated heterocycles. The van der Waals surface area contributed by atoms with Gasteiger partial charge in [0.2, 0.25) is 0 Å². The number of Topliss-reactive ketones (excluding diaryl/α,β-unsaturated/α-hetero) is 1. The first-order valence-corrected chi connectivity index (χ1v) is 8.28. The van der Waals surface area contributed by atoms with E-state index in [1.54, 1.807) is 0 Å². The molecule has 0 heterocycles. The monoisotopic (exact) mass is 329 g/mol. The van der Waals surface area contributed by atoms with E-state index in [0.717, 1.165) is 38.4 Å². The van der Waals surface area contributed by atoms with Crippen LogP contribution in [0.2, 0.25) is 0 Å². The zero-order valence-electron chi connectivity index (χ0n) is 14.5. The first-order valence-electron chi connectivity index (χ1n) is 8.28. The molecule has 0 fully saturated rings. The van der Waals surface area contributed by atoms with E-state index in [0.29, 0.717) is 13.0 Å². The molecule has 0 bridgehead atoms. The summed E-state index contributed by atoms with van der Waals surface area (Å²) >= 11 is 0. The molecule has 0 aromatic carbocycles. The molecular weight excluding hydrogens is 298 g/mol. The third-order valence-corrected chi connectivity index (χ3v) is 3.51. The van der Waals surface area contributed by atoms with Crippen molar-refractivity contribution in [3.05, 3.63) is 0 Å². The number of ether oxygens (including phenoxy) is 1. The summed E-state index contributed by atoms with van der Waals surface area (Å²) in [5.41, 5.74) is 5.67. The van der Waals surface area contributed by atoms with Gasteiger partial charge in [0.05, 0.1) is 19.7 Å². The minimum absolute atomic E-state index is 0.137. The third kappa shape index (κ3) is 12.7. The predicted molar refractivity (Wildman–Crippen MR) is 88.9 cm³/mol. The van der Waals surface area contributed by atoms with Crippen LogP contribution < -0.4 is 16.2 Å². The lowest BCUT2D eigenvalue weighted by Crippen LogP contribution is -2.46. The van der Waals surface area contributed by atoms with Crippen molar-refractivity contribution in [1.29, 1.82) is 0 Å². The summed E-state index contributed by atoms with van der Waals surface area (Å²) in [4.78, 5) is 33.3. The Kier molecular flexibility index (Phi) is 13.2. The van der Waals surface area contributed by atoms with Crippen LogP contribution in [0.15, 0.2) is 0 Å². The van der Waals surface area contributed by atoms with Crippen LogP contribution >= 0.6 is 0 Å². The standard InChI is InChI=1S/C16H31N3O4/c1-13(2)15(12-20)19-18-11-14(21)9-7-5-4-6-8-10-17-16(22)23-3/h12-13,15,18-19H,4-11H2,1-3H3,(H,17,22)/t15-/m1/s1. The van der Waals surface area contributed by atoms with Crippen molar-refractivity contribution in [2.45, 2.75) is 58.4 Å². The second-order valence-corrected chi connectivity index (χ2v) is 5.88. The molecule has 7 heteroatoms. The van der Waals surface area contributed by atoms with Gasteiger partial charge in [-0.3, -0.25) is 4.79 Å². The van der Waals surface area contributed by atoms with Gasteiger partial charge in [-0.25, -0.2) is 15.6 Å². The summed E-state index contributed by atoms with van der Waals surface area (Å²) < 4.78 is 4.47. The third-order valence-electron chi connectivity index (χ3n) is 3.51. The molecule has 0 spiro atoms. The van der Waals surface area contributed by atoms with Crippen molar-refractivity contribution in [2.75, 3.05) is 20.2 Å². The van der Waals surface area contributed by atoms with Crippen LogP contribution in [0.5, 0.6) is 0 Å². The summed E-state index contributed by atoms with van der Waals surface area (Å²) in [5, 5.41) is 2.63. The quantitative estimate of drug-likeness (QED) is 0.254. The number of hydrazine groups is 1. The molecule has 0 aliphatic heterocycles. The molecule has 0 aliphatic rings. The number of hydrogen-bond acceptors (Lipinski definition) is 6. The van der Waals surface area contributed by atoms with Crippen molar-refractivity contribution in [3.63, 3.8) is 0 Å². The first-order chi connectivity index (χ1) is 11.0. The molecule has 0 saturated carbocycles. The fourth-order valence-electron chi connectivity index (χ4n) is 1.95. The SMILES string of the molecule is COC(=O)NCCCCCCCC(=O)CNN[C@H](C=O)C(C)C. The molecule has 23 heavy (non-hydrogen) atoms. The number of methoxy groups -OCH3 is 1. The lowest BCUT2D eigenvalue weighted by atomic mass is 10.1. The van der Waals surface area contributed by atoms with E-state index in [1.165, 1.54) is 7.11 Å². The van der Waals surface area contributed by atoms with E-state index in [-0.39, 0.29) is 24.3 Å². The van der Waals surface area contributed by atoms with Gasteiger partial charge in [-0.1, -0.05) is 33.1 Å². The number of carbonyl (C=O) groups is 3. The van der Waals surface area contributed by atoms with Crippen LogP contribution in [-0.4, -0.2) is 44.4 Å². The number of nitrogens with one attached hydrogen (secondary N) is 3. The largest absolute Gasteiger partial charge is 0.453 e. The molecule has 134 valence electrons. The number of unbranched alkanes of at least 4 members (excludes halogenated alkanes) is 4.